The van der Waals surface area contributed by atoms with Crippen molar-refractivity contribution >= 4 is 29.0 Å². The Balaban J connectivity index is 1.36. The number of anilines is 1. The van der Waals surface area contributed by atoms with E-state index in [9.17, 15) is 4.79 Å². The van der Waals surface area contributed by atoms with Gasteiger partial charge in [-0.25, -0.2) is 4.98 Å². The van der Waals surface area contributed by atoms with Crippen LogP contribution in [0.4, 0.5) is 5.82 Å². The Kier molecular flexibility index (Phi) is 4.92. The van der Waals surface area contributed by atoms with Crippen molar-refractivity contribution in [2.45, 2.75) is 37.8 Å². The molecule has 1 saturated carbocycles. The first-order valence-corrected chi connectivity index (χ1v) is 9.56. The summed E-state index contributed by atoms with van der Waals surface area (Å²) < 4.78 is 3.43. The van der Waals surface area contributed by atoms with Crippen molar-refractivity contribution in [3.05, 3.63) is 47.0 Å². The van der Waals surface area contributed by atoms with Crippen LogP contribution >= 0.6 is 11.6 Å². The van der Waals surface area contributed by atoms with Gasteiger partial charge in [-0.05, 0) is 37.8 Å². The molecular formula is C19H20ClN7O. The van der Waals surface area contributed by atoms with Crippen molar-refractivity contribution in [2.24, 2.45) is 7.05 Å². The molecule has 0 spiro atoms. The molecule has 3 heterocycles. The van der Waals surface area contributed by atoms with Crippen molar-refractivity contribution in [3.8, 4) is 6.07 Å². The normalized spacial score (nSPS) is 19.3. The molecule has 2 N–H and O–H groups in total. The maximum Gasteiger partial charge on any atom is 0.256 e. The zero-order chi connectivity index (χ0) is 19.7. The third-order valence-corrected chi connectivity index (χ3v) is 5.33. The summed E-state index contributed by atoms with van der Waals surface area (Å²) in [7, 11) is 1.74. The van der Waals surface area contributed by atoms with Gasteiger partial charge in [0.05, 0.1) is 5.56 Å². The van der Waals surface area contributed by atoms with Crippen LogP contribution in [-0.2, 0) is 7.05 Å². The van der Waals surface area contributed by atoms with Gasteiger partial charge < -0.3 is 10.6 Å². The van der Waals surface area contributed by atoms with Gasteiger partial charge in [0.15, 0.2) is 10.8 Å². The molecule has 3 aromatic heterocycles. The summed E-state index contributed by atoms with van der Waals surface area (Å²) in [5, 5.41) is 19.9. The number of hydrogen-bond acceptors (Lipinski definition) is 5. The van der Waals surface area contributed by atoms with Crippen molar-refractivity contribution in [3.63, 3.8) is 0 Å². The topological polar surface area (TPSA) is 100 Å². The number of pyridine rings is 1. The minimum atomic E-state index is -0.179. The second kappa shape index (κ2) is 7.52. The van der Waals surface area contributed by atoms with Crippen LogP contribution in [0.2, 0.25) is 5.15 Å². The highest BCUT2D eigenvalue weighted by atomic mass is 35.5. The summed E-state index contributed by atoms with van der Waals surface area (Å²) in [5.41, 5.74) is 1.55. The monoisotopic (exact) mass is 397 g/mol. The van der Waals surface area contributed by atoms with E-state index in [1.165, 1.54) is 4.68 Å². The molecule has 8 nitrogen and oxygen atoms in total. The smallest absolute Gasteiger partial charge is 0.256 e. The number of amides is 1. The van der Waals surface area contributed by atoms with E-state index in [-0.39, 0.29) is 17.1 Å². The standard InChI is InChI=1S/C19H20ClN7O/c1-26-11-15(18(20)25-26)19(28)24-13-7-5-12(6-8-13)22-16-3-2-4-17-23-14(9-21)10-27(16)17/h2-4,10-13,22H,5-8H2,1H3,(H,24,28). The molecule has 4 rings (SSSR count). The molecule has 1 amide bonds. The minimum absolute atomic E-state index is 0.121. The highest BCUT2D eigenvalue weighted by Gasteiger charge is 2.24. The van der Waals surface area contributed by atoms with Crippen LogP contribution < -0.4 is 10.6 Å². The maximum atomic E-state index is 12.4. The van der Waals surface area contributed by atoms with E-state index in [4.69, 9.17) is 16.9 Å². The second-order valence-electron chi connectivity index (χ2n) is 7.05. The molecule has 28 heavy (non-hydrogen) atoms. The molecule has 1 aliphatic rings. The number of nitriles is 1. The lowest BCUT2D eigenvalue weighted by atomic mass is 9.91. The van der Waals surface area contributed by atoms with E-state index in [0.29, 0.717) is 17.3 Å². The lowest BCUT2D eigenvalue weighted by Gasteiger charge is -2.30. The molecule has 9 heteroatoms. The Morgan fingerprint density at radius 2 is 2.00 bits per heavy atom. The van der Waals surface area contributed by atoms with Crippen LogP contribution in [0.1, 0.15) is 41.7 Å². The zero-order valence-electron chi connectivity index (χ0n) is 15.4. The Hall–Kier alpha value is -3.05. The van der Waals surface area contributed by atoms with E-state index in [0.717, 1.165) is 37.1 Å². The number of nitrogens with one attached hydrogen (secondary N) is 2. The van der Waals surface area contributed by atoms with Gasteiger partial charge in [0.25, 0.3) is 5.91 Å². The summed E-state index contributed by atoms with van der Waals surface area (Å²) in [6, 6.07) is 8.28. The van der Waals surface area contributed by atoms with Crippen molar-refractivity contribution in [1.82, 2.24) is 24.5 Å². The lowest BCUT2D eigenvalue weighted by molar-refractivity contribution is 0.0926. The third-order valence-electron chi connectivity index (χ3n) is 5.05. The SMILES string of the molecule is Cn1cc(C(=O)NC2CCC(Nc3cccc4nc(C#N)cn34)CC2)c(Cl)n1. The predicted octanol–water partition coefficient (Wildman–Crippen LogP) is 2.75. The van der Waals surface area contributed by atoms with Crippen LogP contribution in [0.15, 0.2) is 30.6 Å². The number of aromatic nitrogens is 4. The number of fused-ring (bicyclic) bond motifs is 1. The van der Waals surface area contributed by atoms with Gasteiger partial charge in [0.2, 0.25) is 0 Å². The third kappa shape index (κ3) is 3.66. The molecule has 1 aliphatic carbocycles. The number of aryl methyl sites for hydroxylation is 1. The first-order chi connectivity index (χ1) is 13.5. The molecule has 0 radical (unpaired) electrons. The molecule has 0 bridgehead atoms. The zero-order valence-corrected chi connectivity index (χ0v) is 16.1. The lowest BCUT2D eigenvalue weighted by Crippen LogP contribution is -2.40. The number of carbonyl (C=O) groups excluding carboxylic acids is 1. The summed E-state index contributed by atoms with van der Waals surface area (Å²) in [6.07, 6.45) is 6.99. The first kappa shape index (κ1) is 18.3. The van der Waals surface area contributed by atoms with Crippen LogP contribution in [-0.4, -0.2) is 37.2 Å². The summed E-state index contributed by atoms with van der Waals surface area (Å²) >= 11 is 6.00. The number of imidazole rings is 1. The van der Waals surface area contributed by atoms with E-state index in [1.807, 2.05) is 22.6 Å². The van der Waals surface area contributed by atoms with Crippen LogP contribution in [0.3, 0.4) is 0 Å². The number of hydrogen-bond donors (Lipinski definition) is 2. The van der Waals surface area contributed by atoms with Crippen molar-refractivity contribution in [1.29, 1.82) is 5.26 Å². The highest BCUT2D eigenvalue weighted by Crippen LogP contribution is 2.24. The van der Waals surface area contributed by atoms with Gasteiger partial charge in [-0.2, -0.15) is 10.4 Å². The first-order valence-electron chi connectivity index (χ1n) is 9.18. The molecule has 0 saturated heterocycles. The van der Waals surface area contributed by atoms with Gasteiger partial charge >= 0.3 is 0 Å². The van der Waals surface area contributed by atoms with Crippen molar-refractivity contribution in [2.75, 3.05) is 5.32 Å². The molecule has 0 aliphatic heterocycles. The van der Waals surface area contributed by atoms with E-state index < -0.39 is 0 Å². The Morgan fingerprint density at radius 1 is 1.25 bits per heavy atom. The second-order valence-corrected chi connectivity index (χ2v) is 7.41. The molecule has 0 unspecified atom stereocenters. The summed E-state index contributed by atoms with van der Waals surface area (Å²) in [5.74, 6) is 0.739. The summed E-state index contributed by atoms with van der Waals surface area (Å²) in [6.45, 7) is 0. The molecule has 144 valence electrons. The molecular weight excluding hydrogens is 378 g/mol. The number of rotatable bonds is 4. The van der Waals surface area contributed by atoms with Gasteiger partial charge in [-0.15, -0.1) is 0 Å². The quantitative estimate of drug-likeness (QED) is 0.705. The predicted molar refractivity (Wildman–Crippen MR) is 105 cm³/mol. The minimum Gasteiger partial charge on any atom is -0.368 e. The van der Waals surface area contributed by atoms with Gasteiger partial charge in [-0.1, -0.05) is 17.7 Å². The van der Waals surface area contributed by atoms with Crippen LogP contribution in [0, 0.1) is 11.3 Å². The van der Waals surface area contributed by atoms with Gasteiger partial charge in [-0.3, -0.25) is 13.9 Å². The average Bonchev–Trinajstić information content (AvgIpc) is 3.26. The van der Waals surface area contributed by atoms with E-state index in [1.54, 1.807) is 19.4 Å². The Morgan fingerprint density at radius 3 is 2.68 bits per heavy atom. The average molecular weight is 398 g/mol. The largest absolute Gasteiger partial charge is 0.368 e. The van der Waals surface area contributed by atoms with E-state index >= 15 is 0 Å². The van der Waals surface area contributed by atoms with E-state index in [2.05, 4.69) is 26.8 Å². The molecule has 0 atom stereocenters. The maximum absolute atomic E-state index is 12.4. The van der Waals surface area contributed by atoms with Gasteiger partial charge in [0, 0.05) is 31.5 Å². The number of nitrogens with zero attached hydrogens (tertiary/aromatic N) is 5. The molecule has 1 fully saturated rings. The van der Waals surface area contributed by atoms with Crippen LogP contribution in [0.25, 0.3) is 5.65 Å². The summed E-state index contributed by atoms with van der Waals surface area (Å²) in [4.78, 5) is 16.7. The fraction of sp³-hybridized carbons (Fsp3) is 0.368. The molecule has 3 aromatic rings. The van der Waals surface area contributed by atoms with Gasteiger partial charge in [0.1, 0.15) is 17.5 Å². The molecule has 0 aromatic carbocycles. The highest BCUT2D eigenvalue weighted by molar-refractivity contribution is 6.32. The van der Waals surface area contributed by atoms with Crippen LogP contribution in [0.5, 0.6) is 0 Å². The van der Waals surface area contributed by atoms with Crippen molar-refractivity contribution < 1.29 is 4.79 Å². The Bertz CT molecular complexity index is 1060. The Labute approximate surface area is 167 Å². The fourth-order valence-corrected chi connectivity index (χ4v) is 3.90. The fourth-order valence-electron chi connectivity index (χ4n) is 3.65. The number of halogens is 1. The number of carbonyl (C=O) groups is 1.